The van der Waals surface area contributed by atoms with Gasteiger partial charge in [-0.25, -0.2) is 9.78 Å². The van der Waals surface area contributed by atoms with Crippen molar-refractivity contribution in [3.05, 3.63) is 106 Å². The molecule has 0 spiro atoms. The molecule has 0 unspecified atom stereocenters. The third kappa shape index (κ3) is 4.30. The minimum absolute atomic E-state index is 0.0454. The largest absolute Gasteiger partial charge is 0.485 e. The second kappa shape index (κ2) is 8.45. The van der Waals surface area contributed by atoms with Crippen LogP contribution < -0.4 is 4.74 Å². The third-order valence-electron chi connectivity index (χ3n) is 4.64. The van der Waals surface area contributed by atoms with Crippen molar-refractivity contribution in [3.63, 3.8) is 0 Å². The van der Waals surface area contributed by atoms with E-state index in [4.69, 9.17) is 4.74 Å². The number of carboxylic acids is 1. The average Bonchev–Trinajstić information content (AvgIpc) is 2.74. The number of halogens is 1. The first kappa shape index (κ1) is 19.2. The first-order valence-electron chi connectivity index (χ1n) is 9.18. The maximum Gasteiger partial charge on any atom is 0.354 e. The molecule has 0 amide bonds. The molecule has 3 aromatic carbocycles. The molecular weight excluding hydrogens is 430 g/mol. The van der Waals surface area contributed by atoms with Gasteiger partial charge in [0.15, 0.2) is 11.4 Å². The Labute approximate surface area is 176 Å². The summed E-state index contributed by atoms with van der Waals surface area (Å²) in [6.07, 6.45) is 0.502. The lowest BCUT2D eigenvalue weighted by Gasteiger charge is -2.14. The smallest absolute Gasteiger partial charge is 0.354 e. The second-order valence-electron chi connectivity index (χ2n) is 6.69. The summed E-state index contributed by atoms with van der Waals surface area (Å²) < 4.78 is 6.76. The summed E-state index contributed by atoms with van der Waals surface area (Å²) in [5.41, 5.74) is 3.31. The highest BCUT2D eigenvalue weighted by Crippen LogP contribution is 2.34. The number of fused-ring (bicyclic) bond motifs is 1. The van der Waals surface area contributed by atoms with Crippen LogP contribution in [0.25, 0.3) is 10.9 Å². The summed E-state index contributed by atoms with van der Waals surface area (Å²) in [5.74, 6) is -0.507. The SMILES string of the molecule is O=C(O)c1nc2c(OCc3ccccc3)c(Br)ccc2cc1Cc1ccccc1. The lowest BCUT2D eigenvalue weighted by atomic mass is 10.0. The molecule has 0 aliphatic rings. The fourth-order valence-corrected chi connectivity index (χ4v) is 3.67. The zero-order valence-corrected chi connectivity index (χ0v) is 17.1. The molecular formula is C24H18BrNO3. The second-order valence-corrected chi connectivity index (χ2v) is 7.54. The summed E-state index contributed by atoms with van der Waals surface area (Å²) in [5, 5.41) is 10.6. The Hall–Kier alpha value is -3.18. The average molecular weight is 448 g/mol. The molecule has 0 bridgehead atoms. The van der Waals surface area contributed by atoms with Crippen molar-refractivity contribution in [2.24, 2.45) is 0 Å². The molecule has 5 heteroatoms. The number of carboxylic acid groups (broad SMARTS) is 1. The summed E-state index contributed by atoms with van der Waals surface area (Å²) in [7, 11) is 0. The van der Waals surface area contributed by atoms with Gasteiger partial charge in [-0.15, -0.1) is 0 Å². The van der Waals surface area contributed by atoms with Gasteiger partial charge in [-0.2, -0.15) is 0 Å². The highest BCUT2D eigenvalue weighted by Gasteiger charge is 2.18. The number of hydrogen-bond donors (Lipinski definition) is 1. The summed E-state index contributed by atoms with van der Waals surface area (Å²) in [6.45, 7) is 0.369. The predicted octanol–water partition coefficient (Wildman–Crippen LogP) is 5.87. The van der Waals surface area contributed by atoms with Crippen molar-refractivity contribution < 1.29 is 14.6 Å². The van der Waals surface area contributed by atoms with Gasteiger partial charge in [0.1, 0.15) is 12.1 Å². The quantitative estimate of drug-likeness (QED) is 0.401. The fraction of sp³-hybridized carbons (Fsp3) is 0.0833. The van der Waals surface area contributed by atoms with Crippen molar-refractivity contribution in [1.82, 2.24) is 4.98 Å². The van der Waals surface area contributed by atoms with E-state index in [1.54, 1.807) is 0 Å². The number of benzene rings is 3. The molecule has 144 valence electrons. The molecule has 4 rings (SSSR count). The van der Waals surface area contributed by atoms with E-state index in [-0.39, 0.29) is 5.69 Å². The molecule has 0 aliphatic carbocycles. The predicted molar refractivity (Wildman–Crippen MR) is 116 cm³/mol. The van der Waals surface area contributed by atoms with E-state index >= 15 is 0 Å². The van der Waals surface area contributed by atoms with Crippen LogP contribution in [-0.4, -0.2) is 16.1 Å². The van der Waals surface area contributed by atoms with Crippen LogP contribution in [0.3, 0.4) is 0 Å². The molecule has 0 aliphatic heterocycles. The van der Waals surface area contributed by atoms with E-state index in [0.29, 0.717) is 29.9 Å². The molecule has 0 atom stereocenters. The first-order valence-corrected chi connectivity index (χ1v) is 9.97. The van der Waals surface area contributed by atoms with Gasteiger partial charge in [0.25, 0.3) is 0 Å². The van der Waals surface area contributed by atoms with E-state index in [0.717, 1.165) is 21.0 Å². The lowest BCUT2D eigenvalue weighted by molar-refractivity contribution is 0.0690. The van der Waals surface area contributed by atoms with E-state index < -0.39 is 5.97 Å². The van der Waals surface area contributed by atoms with E-state index in [9.17, 15) is 9.90 Å². The van der Waals surface area contributed by atoms with Gasteiger partial charge in [-0.05, 0) is 51.2 Å². The molecule has 1 aromatic heterocycles. The molecule has 4 aromatic rings. The Morgan fingerprint density at radius 2 is 1.59 bits per heavy atom. The van der Waals surface area contributed by atoms with Gasteiger partial charge in [0.2, 0.25) is 0 Å². The number of aromatic nitrogens is 1. The topological polar surface area (TPSA) is 59.4 Å². The number of aromatic carboxylic acids is 1. The number of carbonyl (C=O) groups is 1. The molecule has 1 N–H and O–H groups in total. The van der Waals surface area contributed by atoms with Crippen molar-refractivity contribution in [1.29, 1.82) is 0 Å². The van der Waals surface area contributed by atoms with Gasteiger partial charge >= 0.3 is 5.97 Å². The summed E-state index contributed by atoms with van der Waals surface area (Å²) >= 11 is 3.51. The van der Waals surface area contributed by atoms with Crippen molar-refractivity contribution >= 4 is 32.8 Å². The standard InChI is InChI=1S/C24H18BrNO3/c25-20-12-11-18-14-19(13-16-7-3-1-4-8-16)22(24(27)28)26-21(18)23(20)29-15-17-9-5-2-6-10-17/h1-12,14H,13,15H2,(H,27,28). The molecule has 1 heterocycles. The van der Waals surface area contributed by atoms with Crippen LogP contribution in [-0.2, 0) is 13.0 Å². The van der Waals surface area contributed by atoms with Crippen LogP contribution in [0.2, 0.25) is 0 Å². The number of hydrogen-bond acceptors (Lipinski definition) is 3. The Morgan fingerprint density at radius 3 is 2.24 bits per heavy atom. The fourth-order valence-electron chi connectivity index (χ4n) is 3.24. The van der Waals surface area contributed by atoms with Gasteiger partial charge < -0.3 is 9.84 Å². The minimum atomic E-state index is -1.05. The number of rotatable bonds is 6. The van der Waals surface area contributed by atoms with E-state index in [1.807, 2.05) is 78.9 Å². The Kier molecular flexibility index (Phi) is 5.58. The molecule has 4 nitrogen and oxygen atoms in total. The van der Waals surface area contributed by atoms with Gasteiger partial charge in [-0.1, -0.05) is 66.7 Å². The third-order valence-corrected chi connectivity index (χ3v) is 5.26. The first-order chi connectivity index (χ1) is 14.1. The minimum Gasteiger partial charge on any atom is -0.485 e. The Balaban J connectivity index is 1.76. The number of ether oxygens (including phenoxy) is 1. The monoisotopic (exact) mass is 447 g/mol. The zero-order chi connectivity index (χ0) is 20.2. The molecule has 0 fully saturated rings. The van der Waals surface area contributed by atoms with Crippen LogP contribution in [0, 0.1) is 0 Å². The highest BCUT2D eigenvalue weighted by molar-refractivity contribution is 9.10. The normalized spacial score (nSPS) is 10.8. The van der Waals surface area contributed by atoms with E-state index in [2.05, 4.69) is 20.9 Å². The molecule has 29 heavy (non-hydrogen) atoms. The van der Waals surface area contributed by atoms with Crippen LogP contribution in [0.1, 0.15) is 27.2 Å². The van der Waals surface area contributed by atoms with Crippen molar-refractivity contribution in [3.8, 4) is 5.75 Å². The highest BCUT2D eigenvalue weighted by atomic mass is 79.9. The van der Waals surface area contributed by atoms with Gasteiger partial charge in [0, 0.05) is 5.39 Å². The Bertz CT molecular complexity index is 1160. The van der Waals surface area contributed by atoms with Crippen LogP contribution in [0.4, 0.5) is 0 Å². The summed E-state index contributed by atoms with van der Waals surface area (Å²) in [4.78, 5) is 16.4. The maximum absolute atomic E-state index is 11.9. The van der Waals surface area contributed by atoms with Crippen molar-refractivity contribution in [2.75, 3.05) is 0 Å². The van der Waals surface area contributed by atoms with E-state index in [1.165, 1.54) is 0 Å². The maximum atomic E-state index is 11.9. The number of pyridine rings is 1. The van der Waals surface area contributed by atoms with Crippen LogP contribution in [0.15, 0.2) is 83.3 Å². The molecule has 0 saturated carbocycles. The summed E-state index contributed by atoms with van der Waals surface area (Å²) in [6, 6.07) is 25.3. The van der Waals surface area contributed by atoms with Gasteiger partial charge in [0.05, 0.1) is 4.47 Å². The van der Waals surface area contributed by atoms with Crippen molar-refractivity contribution in [2.45, 2.75) is 13.0 Å². The zero-order valence-electron chi connectivity index (χ0n) is 15.5. The van der Waals surface area contributed by atoms with Crippen LogP contribution >= 0.6 is 15.9 Å². The number of nitrogens with zero attached hydrogens (tertiary/aromatic N) is 1. The Morgan fingerprint density at radius 1 is 0.931 bits per heavy atom. The molecule has 0 saturated heterocycles. The molecule has 0 radical (unpaired) electrons. The van der Waals surface area contributed by atoms with Gasteiger partial charge in [-0.3, -0.25) is 0 Å². The lowest BCUT2D eigenvalue weighted by Crippen LogP contribution is -2.08. The van der Waals surface area contributed by atoms with Crippen LogP contribution in [0.5, 0.6) is 5.75 Å².